The largest absolute Gasteiger partial charge is 0.487 e. The van der Waals surface area contributed by atoms with Crippen molar-refractivity contribution < 1.29 is 94.0 Å². The topological polar surface area (TPSA) is 394 Å². The number of aliphatic carboxylic acids is 2. The SMILES string of the molecule is CN[C@@H](C)C(=O)N[C@H](C(=O)N1C[C@@H]2C[C@H]1C(=O)N[C@@H](Cc1ccc(C(F)(F)F)cc1)C(=O)N[C@H](C(=O)O)Cc1ccc(cc1)COc1cn(nn1)[C@H]1C[C@@H](C(=O)N[C@@H](Cc3ccc(C(F)(F)F)cc3)C(=O)N[C@H](C(=O)O)Cc3ccc(cc3)OCc3cn2nn3)N(C(=O)[C@@H](NC(=O)[C@H](C)NC)C(C)C)C1)C(C)C. The van der Waals surface area contributed by atoms with Crippen molar-refractivity contribution in [1.29, 1.82) is 0 Å². The Labute approximate surface area is 616 Å². The second-order valence-corrected chi connectivity index (χ2v) is 27.7. The van der Waals surface area contributed by atoms with E-state index in [1.54, 1.807) is 72.9 Å². The highest BCUT2D eigenvalue weighted by molar-refractivity contribution is 5.98. The number of aromatic nitrogens is 6. The van der Waals surface area contributed by atoms with Crippen LogP contribution in [0.15, 0.2) is 109 Å². The van der Waals surface area contributed by atoms with Crippen LogP contribution < -0.4 is 52.0 Å². The number of likely N-dealkylation sites (tertiary alicyclic amines) is 2. The molecule has 0 unspecified atom stereocenters. The first-order valence-electron chi connectivity index (χ1n) is 34.9. The quantitative estimate of drug-likeness (QED) is 0.0622. The predicted molar refractivity (Wildman–Crippen MR) is 371 cm³/mol. The number of hydrogen-bond donors (Lipinski definition) is 10. The molecule has 0 aliphatic carbocycles. The molecule has 36 heteroatoms. The summed E-state index contributed by atoms with van der Waals surface area (Å²) in [5.41, 5.74) is -0.291. The van der Waals surface area contributed by atoms with Crippen LogP contribution in [0.25, 0.3) is 0 Å². The average molecular weight is 1510 g/mol. The van der Waals surface area contributed by atoms with Gasteiger partial charge in [0.1, 0.15) is 73.0 Å². The standard InChI is InChI=1S/C72H86F6N16O14/c1-37(2)59(85-61(95)39(5)79-7)67(101)91-32-49-29-56(91)65(99)81-52(25-42-13-19-46(20-14-42)71(73,74)75)63(97)83-54(69(103)104)27-41-9-11-45(12-10-41)35-108-58-34-94(90-88-58)50-30-57(92(33-50)68(102)60(38(3)4)86-62(96)40(6)80-8)66(100)82-53(26-43-15-21-47(22-16-43)72(76,77)78)64(98)84-55(70(105)106)28-44-17-23-51(24-18-44)107-36-48-31-93(49)89-87-48/h9-24,31,34,37-40,49-50,52-57,59-60,79-80H,25-30,32-33,35-36H2,1-8H3,(H,81,99)(H,82,100)(H,83,97)(H,84,98)(H,85,95)(H,86,96)(H,103,104)(H,105,106)/t39-,40-,49-,50-,52-,53-,54-,55-,56-,57-,59-,60-/m0/s1. The molecule has 0 radical (unpaired) electrons. The van der Waals surface area contributed by atoms with Gasteiger partial charge in [-0.25, -0.2) is 19.0 Å². The number of likely N-dealkylation sites (N-methyl/N-ethyl adjacent to an activating group) is 2. The molecule has 8 heterocycles. The number of carboxylic acids is 2. The first kappa shape index (κ1) is 81.0. The first-order valence-corrected chi connectivity index (χ1v) is 34.9. The summed E-state index contributed by atoms with van der Waals surface area (Å²) in [6, 6.07) is 4.58. The molecule has 6 aliphatic rings. The number of ether oxygens (including phenoxy) is 2. The molecule has 108 heavy (non-hydrogen) atoms. The zero-order chi connectivity index (χ0) is 78.6. The fourth-order valence-corrected chi connectivity index (χ4v) is 12.6. The van der Waals surface area contributed by atoms with Gasteiger partial charge < -0.3 is 72.0 Å². The zero-order valence-corrected chi connectivity index (χ0v) is 60.2. The number of benzene rings is 4. The summed E-state index contributed by atoms with van der Waals surface area (Å²) in [5.74, 6) is -10.4. The Balaban J connectivity index is 1.05. The molecular formula is C72H86F6N16O14. The number of nitrogens with zero attached hydrogens (tertiary/aromatic N) is 8. The lowest BCUT2D eigenvalue weighted by Crippen LogP contribution is -2.59. The average Bonchev–Trinajstić information content (AvgIpc) is 1.64. The maximum Gasteiger partial charge on any atom is 0.416 e. The van der Waals surface area contributed by atoms with Crippen molar-refractivity contribution in [3.63, 3.8) is 0 Å². The number of nitrogens with one attached hydrogen (secondary N) is 8. The maximum absolute atomic E-state index is 15.0. The van der Waals surface area contributed by atoms with E-state index in [1.807, 2.05) is 0 Å². The van der Waals surface area contributed by atoms with E-state index in [0.29, 0.717) is 16.7 Å². The minimum Gasteiger partial charge on any atom is -0.487 e. The van der Waals surface area contributed by atoms with Crippen molar-refractivity contribution in [2.75, 3.05) is 27.2 Å². The van der Waals surface area contributed by atoms with E-state index in [0.717, 1.165) is 48.5 Å². The minimum absolute atomic E-state index is 0.0477. The summed E-state index contributed by atoms with van der Waals surface area (Å²) in [7, 11) is 3.08. The van der Waals surface area contributed by atoms with Gasteiger partial charge in [-0.2, -0.15) is 26.3 Å². The molecule has 2 saturated heterocycles. The fourth-order valence-electron chi connectivity index (χ4n) is 12.6. The molecule has 0 saturated carbocycles. The van der Waals surface area contributed by atoms with E-state index in [9.17, 15) is 84.5 Å². The van der Waals surface area contributed by atoms with E-state index in [2.05, 4.69) is 63.2 Å². The number of carboxylic acid groups (broad SMARTS) is 2. The first-order chi connectivity index (χ1) is 51.1. The van der Waals surface area contributed by atoms with Gasteiger partial charge in [-0.05, 0) is 104 Å². The minimum atomic E-state index is -4.74. The van der Waals surface area contributed by atoms with Crippen LogP contribution in [0.4, 0.5) is 26.3 Å². The molecular weight excluding hydrogens is 1430 g/mol. The van der Waals surface area contributed by atoms with Crippen LogP contribution in [0.1, 0.15) is 111 Å². The molecule has 12 rings (SSSR count). The van der Waals surface area contributed by atoms with Gasteiger partial charge in [-0.1, -0.05) is 104 Å². The van der Waals surface area contributed by atoms with Gasteiger partial charge in [-0.15, -0.1) is 5.10 Å². The highest BCUT2D eigenvalue weighted by atomic mass is 19.4. The van der Waals surface area contributed by atoms with E-state index in [4.69, 9.17) is 9.47 Å². The van der Waals surface area contributed by atoms with Crippen molar-refractivity contribution >= 4 is 59.2 Å². The monoisotopic (exact) mass is 1510 g/mol. The van der Waals surface area contributed by atoms with Crippen molar-refractivity contribution in [1.82, 2.24) is 82.3 Å². The lowest BCUT2D eigenvalue weighted by atomic mass is 10.00. The maximum atomic E-state index is 15.0. The van der Waals surface area contributed by atoms with Gasteiger partial charge in [-0.3, -0.25) is 38.4 Å². The zero-order valence-electron chi connectivity index (χ0n) is 60.2. The number of carbonyl (C=O) groups excluding carboxylic acids is 8. The predicted octanol–water partition coefficient (Wildman–Crippen LogP) is 3.24. The molecule has 580 valence electrons. The summed E-state index contributed by atoms with van der Waals surface area (Å²) in [6.45, 7) is 8.96. The molecule has 4 aromatic carbocycles. The third kappa shape index (κ3) is 20.8. The Hall–Kier alpha value is -11.0. The summed E-state index contributed by atoms with van der Waals surface area (Å²) in [6.07, 6.45) is -8.62. The second kappa shape index (κ2) is 35.1. The normalized spacial score (nSPS) is 21.9. The Morgan fingerprint density at radius 2 is 0.917 bits per heavy atom. The van der Waals surface area contributed by atoms with Gasteiger partial charge in [0.15, 0.2) is 0 Å². The van der Waals surface area contributed by atoms with Gasteiger partial charge >= 0.3 is 24.3 Å². The number of carbonyl (C=O) groups is 10. The van der Waals surface area contributed by atoms with Crippen molar-refractivity contribution in [3.8, 4) is 11.6 Å². The molecule has 30 nitrogen and oxygen atoms in total. The second-order valence-electron chi connectivity index (χ2n) is 27.7. The summed E-state index contributed by atoms with van der Waals surface area (Å²) in [4.78, 5) is 144. The lowest BCUT2D eigenvalue weighted by molar-refractivity contribution is -0.144. The van der Waals surface area contributed by atoms with E-state index < -0.39 is 180 Å². The third-order valence-electron chi connectivity index (χ3n) is 19.2. The molecule has 12 atom stereocenters. The van der Waals surface area contributed by atoms with Crippen LogP contribution >= 0.6 is 0 Å². The Morgan fingerprint density at radius 3 is 1.31 bits per heavy atom. The smallest absolute Gasteiger partial charge is 0.416 e. The highest BCUT2D eigenvalue weighted by Gasteiger charge is 2.48. The molecule has 10 N–H and O–H groups in total. The molecule has 2 aromatic heterocycles. The van der Waals surface area contributed by atoms with Gasteiger partial charge in [0.25, 0.3) is 5.88 Å². The van der Waals surface area contributed by atoms with Crippen LogP contribution in [0, 0.1) is 11.8 Å². The summed E-state index contributed by atoms with van der Waals surface area (Å²) in [5, 5.41) is 59.5. The van der Waals surface area contributed by atoms with Crippen molar-refractivity contribution in [3.05, 3.63) is 154 Å². The number of alkyl halides is 6. The van der Waals surface area contributed by atoms with Crippen molar-refractivity contribution in [2.24, 2.45) is 11.8 Å². The number of halogens is 6. The van der Waals surface area contributed by atoms with Gasteiger partial charge in [0.2, 0.25) is 47.3 Å². The third-order valence-corrected chi connectivity index (χ3v) is 19.2. The molecule has 2 fully saturated rings. The summed E-state index contributed by atoms with van der Waals surface area (Å²) >= 11 is 0. The number of amides is 8. The van der Waals surface area contributed by atoms with E-state index in [-0.39, 0.29) is 80.4 Å². The Morgan fingerprint density at radius 1 is 0.519 bits per heavy atom. The van der Waals surface area contributed by atoms with Gasteiger partial charge in [0, 0.05) is 51.6 Å². The molecule has 6 aromatic rings. The molecule has 12 bridgehead atoms. The van der Waals surface area contributed by atoms with Crippen LogP contribution in [0.5, 0.6) is 11.6 Å². The molecule has 0 spiro atoms. The van der Waals surface area contributed by atoms with E-state index in [1.165, 1.54) is 62.9 Å². The molecule has 6 aliphatic heterocycles. The van der Waals surface area contributed by atoms with Gasteiger partial charge in [0.05, 0.1) is 47.7 Å². The van der Waals surface area contributed by atoms with Crippen LogP contribution in [0.2, 0.25) is 0 Å². The van der Waals surface area contributed by atoms with Crippen molar-refractivity contribution in [2.45, 2.75) is 178 Å². The van der Waals surface area contributed by atoms with Crippen LogP contribution in [0.3, 0.4) is 0 Å². The molecule has 8 amide bonds. The number of hydrogen-bond acceptors (Lipinski definition) is 18. The highest BCUT2D eigenvalue weighted by Crippen LogP contribution is 2.34. The van der Waals surface area contributed by atoms with E-state index >= 15 is 0 Å². The number of rotatable bonds is 16. The summed E-state index contributed by atoms with van der Waals surface area (Å²) < 4.78 is 97.6. The van der Waals surface area contributed by atoms with Crippen LogP contribution in [-0.2, 0) is 99.2 Å². The lowest BCUT2D eigenvalue weighted by Gasteiger charge is -2.32. The Bertz CT molecular complexity index is 3930. The fraction of sp³-hybridized carbons (Fsp3) is 0.472. The van der Waals surface area contributed by atoms with Crippen LogP contribution in [-0.4, -0.2) is 197 Å². The Kier molecular flexibility index (Phi) is 26.4.